The third-order valence-electron chi connectivity index (χ3n) is 6.89. The number of hydrogen-bond acceptors (Lipinski definition) is 5. The summed E-state index contributed by atoms with van der Waals surface area (Å²) in [5.41, 5.74) is 6.95. The van der Waals surface area contributed by atoms with E-state index in [1.54, 1.807) is 0 Å². The van der Waals surface area contributed by atoms with Gasteiger partial charge in [-0.2, -0.15) is 0 Å². The first-order valence-electron chi connectivity index (χ1n) is 14.4. The van der Waals surface area contributed by atoms with Crippen molar-refractivity contribution in [3.8, 4) is 0 Å². The van der Waals surface area contributed by atoms with Gasteiger partial charge in [-0.05, 0) is 69.9 Å². The Morgan fingerprint density at radius 3 is 2.08 bits per heavy atom. The molecule has 0 aromatic heterocycles. The highest BCUT2D eigenvalue weighted by Gasteiger charge is 2.43. The number of nitrogens with zero attached hydrogens (tertiary/aromatic N) is 1. The van der Waals surface area contributed by atoms with E-state index in [2.05, 4.69) is 29.8 Å². The van der Waals surface area contributed by atoms with Gasteiger partial charge in [0.25, 0.3) is 5.91 Å². The lowest BCUT2D eigenvalue weighted by Crippen LogP contribution is -2.59. The fourth-order valence-corrected chi connectivity index (χ4v) is 5.21. The number of carbonyl (C=O) groups is 5. The maximum absolute atomic E-state index is 13.9. The number of primary amides is 1. The van der Waals surface area contributed by atoms with Crippen LogP contribution in [0.3, 0.4) is 0 Å². The Balaban J connectivity index is 0.00000178. The molecule has 0 bridgehead atoms. The van der Waals surface area contributed by atoms with E-state index in [0.29, 0.717) is 38.6 Å². The van der Waals surface area contributed by atoms with Crippen molar-refractivity contribution in [3.05, 3.63) is 35.4 Å². The molecule has 1 heterocycles. The largest absolute Gasteiger partial charge is 0.363 e. The number of hydrogen-bond donors (Lipinski definition) is 4. The molecule has 1 fully saturated rings. The molecule has 222 valence electrons. The summed E-state index contributed by atoms with van der Waals surface area (Å²) in [5.74, 6) is -2.94. The van der Waals surface area contributed by atoms with E-state index < -0.39 is 47.3 Å². The van der Waals surface area contributed by atoms with Crippen molar-refractivity contribution >= 4 is 29.5 Å². The Hall–Kier alpha value is -3.43. The van der Waals surface area contributed by atoms with Crippen LogP contribution in [0, 0.1) is 5.92 Å². The fourth-order valence-electron chi connectivity index (χ4n) is 5.21. The number of amides is 5. The van der Waals surface area contributed by atoms with Gasteiger partial charge in [0.1, 0.15) is 12.1 Å². The van der Waals surface area contributed by atoms with Crippen LogP contribution in [0.15, 0.2) is 24.3 Å². The third-order valence-corrected chi connectivity index (χ3v) is 6.89. The molecular formula is C30H47N5O5. The van der Waals surface area contributed by atoms with E-state index in [0.717, 1.165) is 11.1 Å². The molecule has 1 aromatic carbocycles. The normalized spacial score (nSPS) is 18.1. The zero-order chi connectivity index (χ0) is 30.0. The summed E-state index contributed by atoms with van der Waals surface area (Å²) in [5, 5.41) is 8.39. The lowest BCUT2D eigenvalue weighted by Gasteiger charge is -2.33. The highest BCUT2D eigenvalue weighted by molar-refractivity contribution is 6.37. The Kier molecular flexibility index (Phi) is 12.1. The first-order valence-corrected chi connectivity index (χ1v) is 14.4. The average molecular weight is 558 g/mol. The summed E-state index contributed by atoms with van der Waals surface area (Å²) in [4.78, 5) is 65.1. The average Bonchev–Trinajstić information content (AvgIpc) is 3.53. The number of likely N-dealkylation sites (tertiary alicyclic amines) is 1. The lowest BCUT2D eigenvalue weighted by molar-refractivity contribution is -0.142. The summed E-state index contributed by atoms with van der Waals surface area (Å²) >= 11 is 0. The van der Waals surface area contributed by atoms with Crippen LogP contribution >= 0.6 is 0 Å². The lowest BCUT2D eigenvalue weighted by atomic mass is 9.94. The second-order valence-electron chi connectivity index (χ2n) is 11.7. The predicted molar refractivity (Wildman–Crippen MR) is 154 cm³/mol. The molecule has 1 unspecified atom stereocenters. The van der Waals surface area contributed by atoms with Crippen LogP contribution in [0.2, 0.25) is 0 Å². The van der Waals surface area contributed by atoms with Crippen molar-refractivity contribution in [2.24, 2.45) is 11.7 Å². The second kappa shape index (κ2) is 14.8. The molecule has 0 radical (unpaired) electrons. The number of ketones is 1. The Morgan fingerprint density at radius 2 is 1.57 bits per heavy atom. The second-order valence-corrected chi connectivity index (χ2v) is 11.7. The predicted octanol–water partition coefficient (Wildman–Crippen LogP) is 2.61. The van der Waals surface area contributed by atoms with E-state index in [1.807, 2.05) is 52.0 Å². The molecule has 1 aliphatic heterocycles. The van der Waals surface area contributed by atoms with Gasteiger partial charge in [-0.3, -0.25) is 19.2 Å². The van der Waals surface area contributed by atoms with Gasteiger partial charge < -0.3 is 26.6 Å². The number of fused-ring (bicyclic) bond motifs is 1. The number of nitrogens with one attached hydrogen (secondary N) is 3. The molecule has 0 saturated carbocycles. The van der Waals surface area contributed by atoms with Crippen LogP contribution in [-0.4, -0.2) is 64.6 Å². The summed E-state index contributed by atoms with van der Waals surface area (Å²) < 4.78 is 0. The SMILES string of the molecule is CCC.CCCC(NC(=O)[C@@H]1CCCN1C(=O)[C@@H](NC(=O)NC(C)(C)C)C1Cc2ccccc2C1)C(=O)C(N)=O. The van der Waals surface area contributed by atoms with Crippen molar-refractivity contribution in [1.82, 2.24) is 20.9 Å². The van der Waals surface area contributed by atoms with Gasteiger partial charge in [-0.25, -0.2) is 4.79 Å². The van der Waals surface area contributed by atoms with Gasteiger partial charge in [0.15, 0.2) is 0 Å². The minimum Gasteiger partial charge on any atom is -0.363 e. The van der Waals surface area contributed by atoms with Crippen molar-refractivity contribution in [1.29, 1.82) is 0 Å². The minimum atomic E-state index is -1.10. The zero-order valence-electron chi connectivity index (χ0n) is 24.8. The van der Waals surface area contributed by atoms with Crippen molar-refractivity contribution in [2.75, 3.05) is 6.54 Å². The molecule has 1 aromatic rings. The number of benzene rings is 1. The number of Topliss-reactive ketones (excluding diaryl/α,β-unsaturated/α-hetero) is 1. The summed E-state index contributed by atoms with van der Waals surface area (Å²) in [6, 6.07) is 4.87. The standard InChI is InChI=1S/C27H39N5O5.C3H8/c1-5-9-19(22(33)23(28)34)29-24(35)20-12-8-13-32(20)25(36)21(30-26(37)31-27(2,3)4)18-14-16-10-6-7-11-17(16)15-18;1-3-2/h6-7,10-11,18-21H,5,8-9,12-15H2,1-4H3,(H2,28,34)(H,29,35)(H2,30,31,37);3H2,1-2H3/t19?,20-,21-;/m0./s1. The molecule has 0 spiro atoms. The van der Waals surface area contributed by atoms with Crippen molar-refractivity contribution in [3.63, 3.8) is 0 Å². The Labute approximate surface area is 238 Å². The highest BCUT2D eigenvalue weighted by atomic mass is 16.2. The number of carbonyl (C=O) groups excluding carboxylic acids is 5. The van der Waals surface area contributed by atoms with Crippen LogP contribution in [0.25, 0.3) is 0 Å². The maximum Gasteiger partial charge on any atom is 0.315 e. The van der Waals surface area contributed by atoms with E-state index in [9.17, 15) is 24.0 Å². The van der Waals surface area contributed by atoms with Crippen LogP contribution < -0.4 is 21.7 Å². The van der Waals surface area contributed by atoms with Crippen LogP contribution in [-0.2, 0) is 32.0 Å². The van der Waals surface area contributed by atoms with Gasteiger partial charge in [-0.1, -0.05) is 57.9 Å². The van der Waals surface area contributed by atoms with Crippen LogP contribution in [0.4, 0.5) is 4.79 Å². The van der Waals surface area contributed by atoms with Crippen molar-refractivity contribution in [2.45, 2.75) is 110 Å². The third kappa shape index (κ3) is 9.06. The Morgan fingerprint density at radius 1 is 1.00 bits per heavy atom. The molecule has 5 amide bonds. The molecule has 2 aliphatic rings. The van der Waals surface area contributed by atoms with Gasteiger partial charge >= 0.3 is 6.03 Å². The molecule has 5 N–H and O–H groups in total. The minimum absolute atomic E-state index is 0.163. The molecule has 40 heavy (non-hydrogen) atoms. The van der Waals surface area contributed by atoms with E-state index >= 15 is 0 Å². The van der Waals surface area contributed by atoms with E-state index in [4.69, 9.17) is 5.73 Å². The molecule has 1 saturated heterocycles. The van der Waals surface area contributed by atoms with Crippen LogP contribution in [0.1, 0.15) is 84.8 Å². The van der Waals surface area contributed by atoms with E-state index in [-0.39, 0.29) is 18.2 Å². The van der Waals surface area contributed by atoms with Crippen molar-refractivity contribution < 1.29 is 24.0 Å². The number of nitrogens with two attached hydrogens (primary N) is 1. The first-order chi connectivity index (χ1) is 18.8. The number of urea groups is 1. The summed E-state index contributed by atoms with van der Waals surface area (Å²) in [6.07, 6.45) is 4.39. The first kappa shape index (κ1) is 32.8. The highest BCUT2D eigenvalue weighted by Crippen LogP contribution is 2.31. The molecule has 1 aliphatic carbocycles. The van der Waals surface area contributed by atoms with Crippen LogP contribution in [0.5, 0.6) is 0 Å². The number of rotatable bonds is 9. The van der Waals surface area contributed by atoms with Gasteiger partial charge in [0.2, 0.25) is 17.6 Å². The smallest absolute Gasteiger partial charge is 0.315 e. The van der Waals surface area contributed by atoms with Gasteiger partial charge in [0, 0.05) is 12.1 Å². The topological polar surface area (TPSA) is 151 Å². The molecule has 10 nitrogen and oxygen atoms in total. The summed E-state index contributed by atoms with van der Waals surface area (Å²) in [7, 11) is 0. The summed E-state index contributed by atoms with van der Waals surface area (Å²) in [6.45, 7) is 12.0. The maximum atomic E-state index is 13.9. The zero-order valence-corrected chi connectivity index (χ0v) is 24.8. The molecule has 10 heteroatoms. The molecular weight excluding hydrogens is 510 g/mol. The Bertz CT molecular complexity index is 1040. The van der Waals surface area contributed by atoms with Gasteiger partial charge in [-0.15, -0.1) is 0 Å². The monoisotopic (exact) mass is 557 g/mol. The fraction of sp³-hybridized carbons (Fsp3) is 0.633. The van der Waals surface area contributed by atoms with Gasteiger partial charge in [0.05, 0.1) is 6.04 Å². The van der Waals surface area contributed by atoms with E-state index in [1.165, 1.54) is 11.3 Å². The quantitative estimate of drug-likeness (QED) is 0.344. The molecule has 3 atom stereocenters. The molecule has 3 rings (SSSR count).